The number of carbonyl (C=O) groups is 2. The highest BCUT2D eigenvalue weighted by Gasteiger charge is 2.47. The molecule has 0 radical (unpaired) electrons. The fourth-order valence-corrected chi connectivity index (χ4v) is 6.64. The van der Waals surface area contributed by atoms with Gasteiger partial charge < -0.3 is 14.5 Å². The van der Waals surface area contributed by atoms with Crippen LogP contribution in [0, 0.1) is 11.3 Å². The van der Waals surface area contributed by atoms with Crippen LogP contribution in [0.5, 0.6) is 5.75 Å². The van der Waals surface area contributed by atoms with E-state index in [2.05, 4.69) is 11.0 Å². The molecule has 228 valence electrons. The summed E-state index contributed by atoms with van der Waals surface area (Å²) in [4.78, 5) is 35.7. The maximum Gasteiger partial charge on any atom is 0.343 e. The molecule has 1 fully saturated rings. The van der Waals surface area contributed by atoms with Crippen molar-refractivity contribution in [2.45, 2.75) is 43.1 Å². The van der Waals surface area contributed by atoms with E-state index in [0.29, 0.717) is 55.4 Å². The van der Waals surface area contributed by atoms with Gasteiger partial charge in [0.2, 0.25) is 0 Å². The summed E-state index contributed by atoms with van der Waals surface area (Å²) < 4.78 is 5.74. The van der Waals surface area contributed by atoms with E-state index in [9.17, 15) is 14.9 Å². The molecular formula is C37H34ClN3O4. The van der Waals surface area contributed by atoms with E-state index in [0.717, 1.165) is 21.8 Å². The molecule has 0 N–H and O–H groups in total. The van der Waals surface area contributed by atoms with E-state index >= 15 is 0 Å². The molecule has 0 aromatic heterocycles. The quantitative estimate of drug-likeness (QED) is 0.215. The number of carbonyl (C=O) groups excluding carboxylic acids is 2. The van der Waals surface area contributed by atoms with E-state index in [1.165, 1.54) is 0 Å². The van der Waals surface area contributed by atoms with Crippen LogP contribution in [0.15, 0.2) is 109 Å². The van der Waals surface area contributed by atoms with Crippen LogP contribution in [0.25, 0.3) is 0 Å². The third-order valence-corrected chi connectivity index (χ3v) is 9.35. The first-order valence-electron chi connectivity index (χ1n) is 15.2. The van der Waals surface area contributed by atoms with E-state index < -0.39 is 28.8 Å². The summed E-state index contributed by atoms with van der Waals surface area (Å²) in [6, 6.07) is 37.0. The lowest BCUT2D eigenvalue weighted by Crippen LogP contribution is -2.52. The number of piperidine rings is 1. The van der Waals surface area contributed by atoms with Crippen molar-refractivity contribution in [1.29, 1.82) is 5.26 Å². The zero-order chi connectivity index (χ0) is 31.4. The maximum absolute atomic E-state index is 14.2. The Labute approximate surface area is 268 Å². The van der Waals surface area contributed by atoms with Crippen molar-refractivity contribution in [2.75, 3.05) is 24.7 Å². The van der Waals surface area contributed by atoms with E-state index in [1.807, 2.05) is 91.0 Å². The second-order valence-electron chi connectivity index (χ2n) is 11.7. The molecule has 1 atom stereocenters. The number of halogens is 1. The fourth-order valence-electron chi connectivity index (χ4n) is 6.48. The topological polar surface area (TPSA) is 82.9 Å². The van der Waals surface area contributed by atoms with Crippen LogP contribution in [0.2, 0.25) is 5.02 Å². The predicted molar refractivity (Wildman–Crippen MR) is 173 cm³/mol. The molecule has 1 unspecified atom stereocenters. The van der Waals surface area contributed by atoms with Gasteiger partial charge in [-0.25, -0.2) is 4.79 Å². The van der Waals surface area contributed by atoms with Crippen molar-refractivity contribution in [2.24, 2.45) is 0 Å². The molecule has 0 spiro atoms. The van der Waals surface area contributed by atoms with Crippen molar-refractivity contribution in [3.63, 3.8) is 0 Å². The van der Waals surface area contributed by atoms with Crippen molar-refractivity contribution in [3.8, 4) is 11.8 Å². The largest absolute Gasteiger partial charge is 0.478 e. The molecule has 0 saturated carbocycles. The zero-order valence-electron chi connectivity index (χ0n) is 25.1. The first-order chi connectivity index (χ1) is 21.9. The van der Waals surface area contributed by atoms with Crippen LogP contribution in [0.3, 0.4) is 0 Å². The molecule has 0 bridgehead atoms. The highest BCUT2D eigenvalue weighted by atomic mass is 35.5. The van der Waals surface area contributed by atoms with Crippen LogP contribution in [-0.2, 0) is 25.3 Å². The normalized spacial score (nSPS) is 17.9. The Morgan fingerprint density at radius 1 is 0.956 bits per heavy atom. The molecule has 2 aliphatic heterocycles. The van der Waals surface area contributed by atoms with Gasteiger partial charge in [-0.1, -0.05) is 103 Å². The lowest BCUT2D eigenvalue weighted by Gasteiger charge is -2.42. The van der Waals surface area contributed by atoms with Gasteiger partial charge in [0.05, 0.1) is 11.5 Å². The van der Waals surface area contributed by atoms with Gasteiger partial charge in [-0.05, 0) is 74.2 Å². The smallest absolute Gasteiger partial charge is 0.343 e. The minimum absolute atomic E-state index is 0.300. The van der Waals surface area contributed by atoms with Crippen molar-refractivity contribution < 1.29 is 19.2 Å². The summed E-state index contributed by atoms with van der Waals surface area (Å²) in [5, 5.41) is 12.1. The first kappa shape index (κ1) is 30.4. The van der Waals surface area contributed by atoms with Crippen molar-refractivity contribution in [1.82, 2.24) is 4.90 Å². The summed E-state index contributed by atoms with van der Waals surface area (Å²) in [7, 11) is 0. The number of nitriles is 1. The van der Waals surface area contributed by atoms with E-state index in [-0.39, 0.29) is 0 Å². The monoisotopic (exact) mass is 619 g/mol. The van der Waals surface area contributed by atoms with Crippen LogP contribution in [-0.4, -0.2) is 42.5 Å². The Hall–Kier alpha value is -4.64. The Balaban J connectivity index is 1.24. The third kappa shape index (κ3) is 5.80. The van der Waals surface area contributed by atoms with E-state index in [1.54, 1.807) is 25.1 Å². The number of nitrogens with zero attached hydrogens (tertiary/aromatic N) is 3. The van der Waals surface area contributed by atoms with Gasteiger partial charge >= 0.3 is 11.9 Å². The van der Waals surface area contributed by atoms with Gasteiger partial charge in [-0.3, -0.25) is 4.79 Å². The molecule has 4 aromatic carbocycles. The summed E-state index contributed by atoms with van der Waals surface area (Å²) in [5.41, 5.74) is 1.29. The molecule has 2 heterocycles. The zero-order valence-corrected chi connectivity index (χ0v) is 25.8. The van der Waals surface area contributed by atoms with Crippen LogP contribution < -0.4 is 9.80 Å². The molecule has 2 aliphatic rings. The number of hydrogen-bond acceptors (Lipinski definition) is 6. The standard InChI is InChI=1S/C37H34ClN3O4/c1-27-34(42)41(32-25-31(38)17-18-33(32)44-27)45-35(43)36(28-11-5-2-6-12-28)19-22-40(23-20-36)24-21-37(26-39,29-13-7-3-8-14-29)30-15-9-4-10-16-30/h2-18,25,27H,19-24H2,1H3. The number of rotatable bonds is 8. The van der Waals surface area contributed by atoms with Gasteiger partial charge in [-0.15, -0.1) is 5.06 Å². The van der Waals surface area contributed by atoms with Gasteiger partial charge in [0.15, 0.2) is 6.10 Å². The summed E-state index contributed by atoms with van der Waals surface area (Å²) >= 11 is 6.24. The Bertz CT molecular complexity index is 1660. The molecule has 6 rings (SSSR count). The molecule has 0 aliphatic carbocycles. The van der Waals surface area contributed by atoms with Crippen LogP contribution in [0.1, 0.15) is 42.9 Å². The Morgan fingerprint density at radius 2 is 1.53 bits per heavy atom. The molecule has 1 amide bonds. The molecule has 45 heavy (non-hydrogen) atoms. The molecular weight excluding hydrogens is 586 g/mol. The summed E-state index contributed by atoms with van der Waals surface area (Å²) in [6.45, 7) is 3.52. The lowest BCUT2D eigenvalue weighted by atomic mass is 9.71. The highest BCUT2D eigenvalue weighted by Crippen LogP contribution is 2.42. The number of benzene rings is 4. The minimum atomic E-state index is -0.969. The number of fused-ring (bicyclic) bond motifs is 1. The molecule has 4 aromatic rings. The first-order valence-corrected chi connectivity index (χ1v) is 15.6. The minimum Gasteiger partial charge on any atom is -0.478 e. The summed E-state index contributed by atoms with van der Waals surface area (Å²) in [5.74, 6) is -0.559. The number of anilines is 1. The van der Waals surface area contributed by atoms with E-state index in [4.69, 9.17) is 21.2 Å². The van der Waals surface area contributed by atoms with Crippen LogP contribution in [0.4, 0.5) is 5.69 Å². The SMILES string of the molecule is CC1Oc2ccc(Cl)cc2N(OC(=O)C2(c3ccccc3)CCN(CCC(C#N)(c3ccccc3)c3ccccc3)CC2)C1=O. The second kappa shape index (κ2) is 12.8. The second-order valence-corrected chi connectivity index (χ2v) is 12.1. The number of likely N-dealkylation sites (tertiary alicyclic amines) is 1. The van der Waals surface area contributed by atoms with Crippen molar-refractivity contribution in [3.05, 3.63) is 131 Å². The van der Waals surface area contributed by atoms with Crippen molar-refractivity contribution >= 4 is 29.2 Å². The average Bonchev–Trinajstić information content (AvgIpc) is 3.09. The van der Waals surface area contributed by atoms with Gasteiger partial charge in [0, 0.05) is 11.6 Å². The Kier molecular flexibility index (Phi) is 8.62. The average molecular weight is 620 g/mol. The molecule has 7 nitrogen and oxygen atoms in total. The number of amides is 1. The number of hydroxylamine groups is 1. The maximum atomic E-state index is 14.2. The number of hydrogen-bond donors (Lipinski definition) is 0. The molecule has 1 saturated heterocycles. The number of ether oxygens (including phenoxy) is 1. The van der Waals surface area contributed by atoms with Gasteiger partial charge in [0.25, 0.3) is 0 Å². The third-order valence-electron chi connectivity index (χ3n) is 9.12. The van der Waals surface area contributed by atoms with Gasteiger partial charge in [-0.2, -0.15) is 5.26 Å². The summed E-state index contributed by atoms with van der Waals surface area (Å²) in [6.07, 6.45) is 0.749. The molecule has 8 heteroatoms. The predicted octanol–water partition coefficient (Wildman–Crippen LogP) is 6.85. The van der Waals surface area contributed by atoms with Gasteiger partial charge in [0.1, 0.15) is 16.9 Å². The highest BCUT2D eigenvalue weighted by molar-refractivity contribution is 6.31. The van der Waals surface area contributed by atoms with Crippen LogP contribution >= 0.6 is 11.6 Å². The fraction of sp³-hybridized carbons (Fsp3) is 0.270. The Morgan fingerprint density at radius 3 is 2.11 bits per heavy atom. The lowest BCUT2D eigenvalue weighted by molar-refractivity contribution is -0.160.